The number of nitrogens with one attached hydrogen (secondary N) is 2. The first-order chi connectivity index (χ1) is 15.3. The van der Waals surface area contributed by atoms with Gasteiger partial charge < -0.3 is 15.2 Å². The summed E-state index contributed by atoms with van der Waals surface area (Å²) >= 11 is 0. The van der Waals surface area contributed by atoms with E-state index in [9.17, 15) is 22.8 Å². The van der Waals surface area contributed by atoms with Crippen molar-refractivity contribution < 1.29 is 22.8 Å². The minimum Gasteiger partial charge on any atom is -0.355 e. The molecule has 9 heteroatoms. The topological polar surface area (TPSA) is 78.1 Å². The summed E-state index contributed by atoms with van der Waals surface area (Å²) in [5.41, 5.74) is 1.27. The van der Waals surface area contributed by atoms with Gasteiger partial charge in [-0.3, -0.25) is 9.59 Å². The highest BCUT2D eigenvalue weighted by Gasteiger charge is 2.31. The van der Waals surface area contributed by atoms with Crippen molar-refractivity contribution in [3.05, 3.63) is 65.5 Å². The zero-order valence-corrected chi connectivity index (χ0v) is 17.3. The fourth-order valence-corrected chi connectivity index (χ4v) is 3.90. The number of amides is 2. The maximum Gasteiger partial charge on any atom is 0.416 e. The number of aromatic amines is 1. The van der Waals surface area contributed by atoms with Crippen molar-refractivity contribution in [3.63, 3.8) is 0 Å². The highest BCUT2D eigenvalue weighted by atomic mass is 19.4. The van der Waals surface area contributed by atoms with Gasteiger partial charge in [0.25, 0.3) is 5.91 Å². The molecule has 4 rings (SSSR count). The van der Waals surface area contributed by atoms with Crippen LogP contribution in [0.15, 0.2) is 48.5 Å². The molecule has 2 N–H and O–H groups in total. The van der Waals surface area contributed by atoms with Gasteiger partial charge in [-0.25, -0.2) is 4.98 Å². The van der Waals surface area contributed by atoms with Crippen molar-refractivity contribution in [2.75, 3.05) is 19.6 Å². The minimum atomic E-state index is -4.43. The summed E-state index contributed by atoms with van der Waals surface area (Å²) in [7, 11) is 0. The Balaban J connectivity index is 1.24. The molecule has 2 heterocycles. The molecule has 168 valence electrons. The van der Waals surface area contributed by atoms with Crippen LogP contribution in [-0.2, 0) is 17.4 Å². The Morgan fingerprint density at radius 3 is 2.41 bits per heavy atom. The Hall–Kier alpha value is -3.36. The zero-order valence-electron chi connectivity index (χ0n) is 17.3. The molecule has 0 saturated carbocycles. The predicted molar refractivity (Wildman–Crippen MR) is 113 cm³/mol. The quantitative estimate of drug-likeness (QED) is 0.629. The molecule has 0 unspecified atom stereocenters. The highest BCUT2D eigenvalue weighted by Crippen LogP contribution is 2.29. The molecular weight excluding hydrogens is 421 g/mol. The number of nitrogens with zero attached hydrogens (tertiary/aromatic N) is 2. The second kappa shape index (κ2) is 9.02. The van der Waals surface area contributed by atoms with Gasteiger partial charge in [0.05, 0.1) is 16.6 Å². The number of piperidine rings is 1. The number of carbonyl (C=O) groups is 2. The Bertz CT molecular complexity index is 1070. The second-order valence-electron chi connectivity index (χ2n) is 7.88. The van der Waals surface area contributed by atoms with Crippen molar-refractivity contribution in [1.29, 1.82) is 0 Å². The van der Waals surface area contributed by atoms with Crippen molar-refractivity contribution in [2.45, 2.75) is 25.4 Å². The third-order valence-electron chi connectivity index (χ3n) is 5.71. The molecule has 32 heavy (non-hydrogen) atoms. The number of hydrogen-bond acceptors (Lipinski definition) is 3. The van der Waals surface area contributed by atoms with Crippen LogP contribution < -0.4 is 5.32 Å². The summed E-state index contributed by atoms with van der Waals surface area (Å²) in [5, 5.41) is 2.93. The fourth-order valence-electron chi connectivity index (χ4n) is 3.90. The van der Waals surface area contributed by atoms with Crippen LogP contribution in [-0.4, -0.2) is 46.3 Å². The number of halogens is 3. The molecule has 1 saturated heterocycles. The third-order valence-corrected chi connectivity index (χ3v) is 5.71. The number of benzene rings is 2. The normalized spacial score (nSPS) is 15.2. The van der Waals surface area contributed by atoms with Crippen molar-refractivity contribution in [1.82, 2.24) is 20.2 Å². The van der Waals surface area contributed by atoms with E-state index in [1.807, 2.05) is 24.3 Å². The molecule has 0 spiro atoms. The molecule has 3 aromatic rings. The van der Waals surface area contributed by atoms with Gasteiger partial charge in [-0.15, -0.1) is 0 Å². The lowest BCUT2D eigenvalue weighted by Crippen LogP contribution is -2.43. The Labute approximate surface area is 182 Å². The van der Waals surface area contributed by atoms with Crippen LogP contribution in [0.5, 0.6) is 0 Å². The minimum absolute atomic E-state index is 0.0530. The van der Waals surface area contributed by atoms with Gasteiger partial charge in [0.15, 0.2) is 0 Å². The first kappa shape index (κ1) is 21.9. The van der Waals surface area contributed by atoms with Crippen molar-refractivity contribution in [2.24, 2.45) is 5.92 Å². The second-order valence-corrected chi connectivity index (χ2v) is 7.88. The molecule has 0 bridgehead atoms. The average Bonchev–Trinajstić information content (AvgIpc) is 3.21. The Morgan fingerprint density at radius 1 is 1.06 bits per heavy atom. The van der Waals surface area contributed by atoms with Gasteiger partial charge in [0, 0.05) is 37.5 Å². The number of H-pyrrole nitrogens is 1. The molecule has 2 aromatic carbocycles. The average molecular weight is 444 g/mol. The molecule has 0 aliphatic carbocycles. The van der Waals surface area contributed by atoms with Crippen LogP contribution in [0, 0.1) is 5.92 Å². The van der Waals surface area contributed by atoms with E-state index in [1.54, 1.807) is 4.90 Å². The first-order valence-corrected chi connectivity index (χ1v) is 10.5. The van der Waals surface area contributed by atoms with E-state index in [0.29, 0.717) is 38.9 Å². The lowest BCUT2D eigenvalue weighted by atomic mass is 9.95. The molecule has 1 aliphatic heterocycles. The van der Waals surface area contributed by atoms with Crippen molar-refractivity contribution in [3.8, 4) is 0 Å². The molecule has 1 aromatic heterocycles. The van der Waals surface area contributed by atoms with Gasteiger partial charge in [-0.1, -0.05) is 12.1 Å². The highest BCUT2D eigenvalue weighted by molar-refractivity contribution is 5.94. The van der Waals surface area contributed by atoms with Crippen LogP contribution in [0.3, 0.4) is 0 Å². The first-order valence-electron chi connectivity index (χ1n) is 10.5. The SMILES string of the molecule is O=C(NCCc1nc2ccccc2[nH]1)C1CCN(C(=O)c2ccc(C(F)(F)F)cc2)CC1. The molecule has 1 aliphatic rings. The standard InChI is InChI=1S/C23H23F3N4O2/c24-23(25,26)17-7-5-16(6-8-17)22(32)30-13-10-15(11-14-30)21(31)27-12-9-20-28-18-3-1-2-4-19(18)29-20/h1-8,15H,9-14H2,(H,27,31)(H,28,29). The van der Waals surface area contributed by atoms with E-state index in [-0.39, 0.29) is 23.3 Å². The van der Waals surface area contributed by atoms with E-state index >= 15 is 0 Å². The number of rotatable bonds is 5. The summed E-state index contributed by atoms with van der Waals surface area (Å²) in [4.78, 5) is 34.4. The van der Waals surface area contributed by atoms with E-state index in [1.165, 1.54) is 12.1 Å². The summed E-state index contributed by atoms with van der Waals surface area (Å²) < 4.78 is 38.1. The van der Waals surface area contributed by atoms with Gasteiger partial charge in [-0.2, -0.15) is 13.2 Å². The van der Waals surface area contributed by atoms with E-state index in [4.69, 9.17) is 0 Å². The molecular formula is C23H23F3N4O2. The number of para-hydroxylation sites is 2. The summed E-state index contributed by atoms with van der Waals surface area (Å²) in [6.45, 7) is 1.24. The number of carbonyl (C=O) groups excluding carboxylic acids is 2. The number of imidazole rings is 1. The van der Waals surface area contributed by atoms with Crippen LogP contribution in [0.25, 0.3) is 11.0 Å². The zero-order chi connectivity index (χ0) is 22.7. The maximum absolute atomic E-state index is 12.7. The largest absolute Gasteiger partial charge is 0.416 e. The van der Waals surface area contributed by atoms with E-state index < -0.39 is 11.7 Å². The number of hydrogen-bond donors (Lipinski definition) is 2. The molecule has 2 amide bonds. The smallest absolute Gasteiger partial charge is 0.355 e. The van der Waals surface area contributed by atoms with Crippen LogP contribution in [0.1, 0.15) is 34.6 Å². The molecule has 6 nitrogen and oxygen atoms in total. The van der Waals surface area contributed by atoms with Crippen LogP contribution >= 0.6 is 0 Å². The van der Waals surface area contributed by atoms with Crippen LogP contribution in [0.2, 0.25) is 0 Å². The van der Waals surface area contributed by atoms with E-state index in [2.05, 4.69) is 15.3 Å². The number of likely N-dealkylation sites (tertiary alicyclic amines) is 1. The monoisotopic (exact) mass is 444 g/mol. The molecule has 0 radical (unpaired) electrons. The summed E-state index contributed by atoms with van der Waals surface area (Å²) in [6, 6.07) is 11.9. The van der Waals surface area contributed by atoms with Gasteiger partial charge in [-0.05, 0) is 49.2 Å². The summed E-state index contributed by atoms with van der Waals surface area (Å²) in [5.74, 6) is 0.246. The Morgan fingerprint density at radius 2 is 1.75 bits per heavy atom. The van der Waals surface area contributed by atoms with Crippen LogP contribution in [0.4, 0.5) is 13.2 Å². The van der Waals surface area contributed by atoms with Crippen molar-refractivity contribution >= 4 is 22.8 Å². The maximum atomic E-state index is 12.7. The summed E-state index contributed by atoms with van der Waals surface area (Å²) in [6.07, 6.45) is -2.81. The van der Waals surface area contributed by atoms with Gasteiger partial charge in [0.2, 0.25) is 5.91 Å². The van der Waals surface area contributed by atoms with E-state index in [0.717, 1.165) is 29.0 Å². The number of aromatic nitrogens is 2. The predicted octanol–water partition coefficient (Wildman–Crippen LogP) is 3.79. The Kier molecular flexibility index (Phi) is 6.16. The molecule has 1 fully saturated rings. The number of alkyl halides is 3. The lowest BCUT2D eigenvalue weighted by molar-refractivity contribution is -0.137. The van der Waals surface area contributed by atoms with Gasteiger partial charge in [0.1, 0.15) is 5.82 Å². The van der Waals surface area contributed by atoms with Gasteiger partial charge >= 0.3 is 6.18 Å². The fraction of sp³-hybridized carbons (Fsp3) is 0.348. The third kappa shape index (κ3) is 4.92. The molecule has 0 atom stereocenters. The lowest BCUT2D eigenvalue weighted by Gasteiger charge is -2.31. The number of fused-ring (bicyclic) bond motifs is 1.